The minimum absolute atomic E-state index is 0.101. The second kappa shape index (κ2) is 26.3. The van der Waals surface area contributed by atoms with Gasteiger partial charge in [0.05, 0.1) is 35.5 Å². The molecule has 0 saturated carbocycles. The van der Waals surface area contributed by atoms with Crippen molar-refractivity contribution in [3.63, 3.8) is 0 Å². The molecule has 0 unspecified atom stereocenters. The molecule has 5 aromatic carbocycles. The molecule has 0 spiro atoms. The van der Waals surface area contributed by atoms with Gasteiger partial charge in [0.15, 0.2) is 0 Å². The number of aliphatic hydroxyl groups is 2. The normalized spacial score (nSPS) is 13.1. The summed E-state index contributed by atoms with van der Waals surface area (Å²) in [5.74, 6) is -1.50. The van der Waals surface area contributed by atoms with Crippen molar-refractivity contribution in [3.8, 4) is 0 Å². The number of fused-ring (bicyclic) bond motifs is 2. The summed E-state index contributed by atoms with van der Waals surface area (Å²) < 4.78 is 7.43. The largest absolute Gasteiger partial charge is 0.466 e. The minimum atomic E-state index is -1.39. The van der Waals surface area contributed by atoms with Crippen molar-refractivity contribution in [2.45, 2.75) is 116 Å². The summed E-state index contributed by atoms with van der Waals surface area (Å²) in [6, 6.07) is 42.6. The van der Waals surface area contributed by atoms with E-state index in [9.17, 15) is 34.2 Å². The SMILES string of the molecule is CCOC(=O)CCc1cc(C(=O)N(CCCCCCCN2C(=O)c3ccccc3C2=O)CCCCCCCN2C(=O)c3ccccc3C2=O)n(Cc2cccc(CO)c2)c1CCC(O)(c1ccccc1)c1ccccc1. The van der Waals surface area contributed by atoms with Crippen molar-refractivity contribution >= 4 is 35.5 Å². The van der Waals surface area contributed by atoms with Crippen LogP contribution < -0.4 is 0 Å². The van der Waals surface area contributed by atoms with Gasteiger partial charge < -0.3 is 24.4 Å². The van der Waals surface area contributed by atoms with E-state index in [1.54, 1.807) is 55.5 Å². The van der Waals surface area contributed by atoms with Crippen LogP contribution in [0.2, 0.25) is 0 Å². The molecule has 2 aliphatic rings. The standard InChI is InChI=1S/C63H70N4O9/c1-2-76-57(69)35-34-48-43-56(67(44-46-24-23-25-47(42-46)45-68)55(48)36-37-63(75,49-26-11-9-12-27-49)50-28-13-10-14-29-50)62(74)64(38-19-5-3-7-21-40-65-58(70)51-30-15-16-31-52(51)59(65)71)39-20-6-4-8-22-41-66-60(72)53-32-17-18-33-54(53)61(66)73/h9-18,23-33,42-43,68,75H,2-8,19-22,34-41,44-45H2,1H3. The van der Waals surface area contributed by atoms with Gasteiger partial charge in [-0.05, 0) is 110 Å². The van der Waals surface area contributed by atoms with Crippen LogP contribution in [0.3, 0.4) is 0 Å². The smallest absolute Gasteiger partial charge is 0.306 e. The van der Waals surface area contributed by atoms with Gasteiger partial charge >= 0.3 is 5.97 Å². The maximum atomic E-state index is 15.5. The fourth-order valence-electron chi connectivity index (χ4n) is 10.7. The van der Waals surface area contributed by atoms with Crippen LogP contribution in [-0.4, -0.2) is 97.8 Å². The Morgan fingerprint density at radius 1 is 0.553 bits per heavy atom. The molecule has 0 atom stereocenters. The average Bonchev–Trinajstić information content (AvgIpc) is 4.01. The van der Waals surface area contributed by atoms with Crippen molar-refractivity contribution in [3.05, 3.63) is 201 Å². The van der Waals surface area contributed by atoms with E-state index < -0.39 is 5.60 Å². The summed E-state index contributed by atoms with van der Waals surface area (Å²) in [7, 11) is 0. The number of carbonyl (C=O) groups is 6. The summed E-state index contributed by atoms with van der Waals surface area (Å²) in [5.41, 5.74) is 5.58. The lowest BCUT2D eigenvalue weighted by Gasteiger charge is -2.30. The third kappa shape index (κ3) is 12.9. The van der Waals surface area contributed by atoms with E-state index in [-0.39, 0.29) is 61.6 Å². The number of aromatic nitrogens is 1. The van der Waals surface area contributed by atoms with Crippen molar-refractivity contribution in [1.29, 1.82) is 0 Å². The van der Waals surface area contributed by atoms with Crippen LogP contribution in [0.5, 0.6) is 0 Å². The monoisotopic (exact) mass is 1030 g/mol. The van der Waals surface area contributed by atoms with E-state index >= 15 is 4.79 Å². The van der Waals surface area contributed by atoms with Crippen LogP contribution in [0.25, 0.3) is 0 Å². The zero-order valence-electron chi connectivity index (χ0n) is 43.7. The van der Waals surface area contributed by atoms with E-state index in [4.69, 9.17) is 4.74 Å². The Bertz CT molecular complexity index is 2790. The van der Waals surface area contributed by atoms with Crippen molar-refractivity contribution in [2.75, 3.05) is 32.8 Å². The lowest BCUT2D eigenvalue weighted by Crippen LogP contribution is -2.35. The fraction of sp³-hybridized carbons (Fsp3) is 0.365. The number of imide groups is 2. The zero-order chi connectivity index (χ0) is 53.4. The van der Waals surface area contributed by atoms with Gasteiger partial charge in [0.25, 0.3) is 29.5 Å². The zero-order valence-corrected chi connectivity index (χ0v) is 43.7. The van der Waals surface area contributed by atoms with Crippen molar-refractivity contribution in [2.24, 2.45) is 0 Å². The summed E-state index contributed by atoms with van der Waals surface area (Å²) in [6.07, 6.45) is 8.81. The molecule has 8 rings (SSSR count). The molecular formula is C63H70N4O9. The van der Waals surface area contributed by atoms with Crippen molar-refractivity contribution < 1.29 is 43.7 Å². The first-order chi connectivity index (χ1) is 37.0. The highest BCUT2D eigenvalue weighted by Gasteiger charge is 2.36. The van der Waals surface area contributed by atoms with E-state index in [1.807, 2.05) is 100 Å². The van der Waals surface area contributed by atoms with Crippen molar-refractivity contribution in [1.82, 2.24) is 19.3 Å². The molecule has 0 aliphatic carbocycles. The summed E-state index contributed by atoms with van der Waals surface area (Å²) in [4.78, 5) is 84.9. The van der Waals surface area contributed by atoms with Crippen LogP contribution in [0, 0.1) is 0 Å². The highest BCUT2D eigenvalue weighted by molar-refractivity contribution is 6.22. The van der Waals surface area contributed by atoms with Crippen LogP contribution in [-0.2, 0) is 41.1 Å². The Kier molecular flexibility index (Phi) is 19.0. The average molecular weight is 1030 g/mol. The minimum Gasteiger partial charge on any atom is -0.466 e. The number of ether oxygens (including phenoxy) is 1. The molecule has 13 heteroatoms. The summed E-state index contributed by atoms with van der Waals surface area (Å²) >= 11 is 0. The van der Waals surface area contributed by atoms with E-state index in [1.165, 1.54) is 9.80 Å². The summed E-state index contributed by atoms with van der Waals surface area (Å²) in [6.45, 7) is 3.83. The third-order valence-electron chi connectivity index (χ3n) is 14.8. The summed E-state index contributed by atoms with van der Waals surface area (Å²) in [5, 5.41) is 22.9. The Labute approximate surface area is 446 Å². The second-order valence-electron chi connectivity index (χ2n) is 19.9. The van der Waals surface area contributed by atoms with Gasteiger partial charge in [-0.2, -0.15) is 0 Å². The predicted molar refractivity (Wildman–Crippen MR) is 291 cm³/mol. The molecule has 76 heavy (non-hydrogen) atoms. The molecule has 0 saturated heterocycles. The maximum Gasteiger partial charge on any atom is 0.306 e. The lowest BCUT2D eigenvalue weighted by atomic mass is 9.82. The Hall–Kier alpha value is -7.48. The van der Waals surface area contributed by atoms with Gasteiger partial charge in [0, 0.05) is 44.8 Å². The molecule has 2 aliphatic heterocycles. The van der Waals surface area contributed by atoms with E-state index in [0.29, 0.717) is 86.4 Å². The molecule has 3 heterocycles. The molecule has 6 aromatic rings. The van der Waals surface area contributed by atoms with Crippen LogP contribution >= 0.6 is 0 Å². The number of aliphatic hydroxyl groups excluding tert-OH is 1. The molecule has 396 valence electrons. The van der Waals surface area contributed by atoms with Gasteiger partial charge in [-0.1, -0.05) is 148 Å². The van der Waals surface area contributed by atoms with Gasteiger partial charge in [0.2, 0.25) is 0 Å². The number of hydrogen-bond acceptors (Lipinski definition) is 9. The molecule has 2 N–H and O–H groups in total. The van der Waals surface area contributed by atoms with Gasteiger partial charge in [-0.3, -0.25) is 38.6 Å². The molecule has 13 nitrogen and oxygen atoms in total. The molecule has 0 bridgehead atoms. The Balaban J connectivity index is 1.02. The number of carbonyl (C=O) groups excluding carboxylic acids is 6. The van der Waals surface area contributed by atoms with E-state index in [0.717, 1.165) is 84.9 Å². The molecular weight excluding hydrogens is 957 g/mol. The van der Waals surface area contributed by atoms with Gasteiger partial charge in [-0.15, -0.1) is 0 Å². The highest BCUT2D eigenvalue weighted by Crippen LogP contribution is 2.36. The molecule has 1 aromatic heterocycles. The number of benzene rings is 5. The lowest BCUT2D eigenvalue weighted by molar-refractivity contribution is -0.143. The number of aryl methyl sites for hydroxylation is 1. The first-order valence-electron chi connectivity index (χ1n) is 27.1. The molecule has 0 fully saturated rings. The second-order valence-corrected chi connectivity index (χ2v) is 19.9. The van der Waals surface area contributed by atoms with Crippen LogP contribution in [0.15, 0.2) is 140 Å². The topological polar surface area (TPSA) is 167 Å². The third-order valence-corrected chi connectivity index (χ3v) is 14.8. The molecule has 0 radical (unpaired) electrons. The predicted octanol–water partition coefficient (Wildman–Crippen LogP) is 10.3. The quantitative estimate of drug-likeness (QED) is 0.0264. The number of nitrogens with zero attached hydrogens (tertiary/aromatic N) is 4. The van der Waals surface area contributed by atoms with Gasteiger partial charge in [-0.25, -0.2) is 0 Å². The highest BCUT2D eigenvalue weighted by atomic mass is 16.5. The van der Waals surface area contributed by atoms with Crippen LogP contribution in [0.4, 0.5) is 0 Å². The Morgan fingerprint density at radius 2 is 1.01 bits per heavy atom. The van der Waals surface area contributed by atoms with Crippen LogP contribution in [0.1, 0.15) is 169 Å². The number of amides is 5. The number of rotatable bonds is 29. The first kappa shape index (κ1) is 54.8. The van der Waals surface area contributed by atoms with Gasteiger partial charge in [0.1, 0.15) is 11.3 Å². The number of esters is 1. The first-order valence-corrected chi connectivity index (χ1v) is 27.1. The Morgan fingerprint density at radius 3 is 1.50 bits per heavy atom. The maximum absolute atomic E-state index is 15.5. The van der Waals surface area contributed by atoms with E-state index in [2.05, 4.69) is 0 Å². The molecule has 5 amide bonds. The fourth-order valence-corrected chi connectivity index (χ4v) is 10.7. The number of unbranched alkanes of at least 4 members (excludes halogenated alkanes) is 8. The number of hydrogen-bond donors (Lipinski definition) is 2.